The Kier molecular flexibility index (Phi) is 7.20. The molecule has 1 aliphatic rings. The number of rotatable bonds is 7. The number of carbonyl (C=O) groups is 1. The third-order valence-electron chi connectivity index (χ3n) is 5.02. The predicted octanol–water partition coefficient (Wildman–Crippen LogP) is 3.94. The van der Waals surface area contributed by atoms with Crippen molar-refractivity contribution < 1.29 is 27.4 Å². The number of hydrogen-bond acceptors (Lipinski definition) is 4. The lowest BCUT2D eigenvalue weighted by Crippen LogP contribution is -2.49. The van der Waals surface area contributed by atoms with Gasteiger partial charge in [-0.05, 0) is 42.8 Å². The molecule has 2 aromatic carbocycles. The van der Waals surface area contributed by atoms with Crippen molar-refractivity contribution in [2.24, 2.45) is 0 Å². The smallest absolute Gasteiger partial charge is 0.416 e. The van der Waals surface area contributed by atoms with Crippen molar-refractivity contribution in [2.45, 2.75) is 12.6 Å². The Labute approximate surface area is 174 Å². The second-order valence-electron chi connectivity index (χ2n) is 7.09. The molecule has 0 unspecified atom stereocenters. The Balaban J connectivity index is 1.39. The van der Waals surface area contributed by atoms with Gasteiger partial charge in [0.25, 0.3) is 5.91 Å². The highest BCUT2D eigenvalue weighted by atomic mass is 19.4. The average Bonchev–Trinajstić information content (AvgIpc) is 2.76. The zero-order valence-electron chi connectivity index (χ0n) is 16.8. The number of ether oxygens (including phenoxy) is 2. The van der Waals surface area contributed by atoms with Gasteiger partial charge >= 0.3 is 6.18 Å². The second-order valence-corrected chi connectivity index (χ2v) is 7.09. The maximum atomic E-state index is 12.7. The Bertz CT molecular complexity index is 850. The zero-order chi connectivity index (χ0) is 21.6. The van der Waals surface area contributed by atoms with E-state index in [9.17, 15) is 18.0 Å². The Hall–Kier alpha value is -2.74. The van der Waals surface area contributed by atoms with E-state index in [0.29, 0.717) is 37.4 Å². The maximum absolute atomic E-state index is 12.7. The van der Waals surface area contributed by atoms with Crippen molar-refractivity contribution in [1.29, 1.82) is 0 Å². The van der Waals surface area contributed by atoms with Crippen molar-refractivity contribution in [3.05, 3.63) is 59.7 Å². The van der Waals surface area contributed by atoms with E-state index in [2.05, 4.69) is 4.90 Å². The highest BCUT2D eigenvalue weighted by molar-refractivity contribution is 5.94. The zero-order valence-corrected chi connectivity index (χ0v) is 16.8. The number of alkyl halides is 3. The third-order valence-corrected chi connectivity index (χ3v) is 5.02. The maximum Gasteiger partial charge on any atom is 0.416 e. The van der Waals surface area contributed by atoms with Gasteiger partial charge in [0.15, 0.2) is 0 Å². The van der Waals surface area contributed by atoms with Gasteiger partial charge in [0, 0.05) is 38.3 Å². The van der Waals surface area contributed by atoms with Gasteiger partial charge in [-0.1, -0.05) is 12.1 Å². The fourth-order valence-corrected chi connectivity index (χ4v) is 3.35. The molecule has 1 amide bonds. The highest BCUT2D eigenvalue weighted by Crippen LogP contribution is 2.31. The predicted molar refractivity (Wildman–Crippen MR) is 107 cm³/mol. The summed E-state index contributed by atoms with van der Waals surface area (Å²) in [6.07, 6.45) is -3.68. The summed E-state index contributed by atoms with van der Waals surface area (Å²) in [6.45, 7) is 3.86. The van der Waals surface area contributed by atoms with Crippen molar-refractivity contribution >= 4 is 5.91 Å². The van der Waals surface area contributed by atoms with Crippen LogP contribution in [0.1, 0.15) is 22.3 Å². The number of nitrogens with zero attached hydrogens (tertiary/aromatic N) is 2. The SMILES string of the molecule is COc1cccc(C(=O)N2CCN(CCCOc3cccc(C(F)(F)F)c3)CC2)c1. The van der Waals surface area contributed by atoms with E-state index in [1.54, 1.807) is 31.4 Å². The van der Waals surface area contributed by atoms with E-state index < -0.39 is 11.7 Å². The van der Waals surface area contributed by atoms with Crippen LogP contribution in [0, 0.1) is 0 Å². The average molecular weight is 422 g/mol. The van der Waals surface area contributed by atoms with E-state index in [1.165, 1.54) is 12.1 Å². The second kappa shape index (κ2) is 9.84. The number of methoxy groups -OCH3 is 1. The van der Waals surface area contributed by atoms with Crippen LogP contribution in [0.4, 0.5) is 13.2 Å². The molecule has 30 heavy (non-hydrogen) atoms. The number of carbonyl (C=O) groups excluding carboxylic acids is 1. The van der Waals surface area contributed by atoms with E-state index in [0.717, 1.165) is 31.8 Å². The lowest BCUT2D eigenvalue weighted by molar-refractivity contribution is -0.137. The molecule has 3 rings (SSSR count). The first-order valence-corrected chi connectivity index (χ1v) is 9.82. The normalized spacial score (nSPS) is 15.1. The van der Waals surface area contributed by atoms with Crippen LogP contribution in [0.3, 0.4) is 0 Å². The van der Waals surface area contributed by atoms with E-state index in [4.69, 9.17) is 9.47 Å². The van der Waals surface area contributed by atoms with Crippen LogP contribution in [0.25, 0.3) is 0 Å². The molecule has 0 atom stereocenters. The molecule has 0 N–H and O–H groups in total. The summed E-state index contributed by atoms with van der Waals surface area (Å²) < 4.78 is 48.9. The molecule has 1 saturated heterocycles. The van der Waals surface area contributed by atoms with Crippen molar-refractivity contribution in [3.63, 3.8) is 0 Å². The van der Waals surface area contributed by atoms with E-state index in [1.807, 2.05) is 4.90 Å². The van der Waals surface area contributed by atoms with Gasteiger partial charge in [-0.25, -0.2) is 0 Å². The minimum absolute atomic E-state index is 0.0126. The molecule has 1 aliphatic heterocycles. The Morgan fingerprint density at radius 3 is 2.40 bits per heavy atom. The summed E-state index contributed by atoms with van der Waals surface area (Å²) in [4.78, 5) is 16.7. The first kappa shape index (κ1) is 22.0. The summed E-state index contributed by atoms with van der Waals surface area (Å²) in [6, 6.07) is 12.0. The molecule has 8 heteroatoms. The first-order chi connectivity index (χ1) is 14.4. The summed E-state index contributed by atoms with van der Waals surface area (Å²) in [7, 11) is 1.57. The molecule has 2 aromatic rings. The molecule has 1 heterocycles. The molecule has 0 aliphatic carbocycles. The van der Waals surface area contributed by atoms with Gasteiger partial charge in [-0.3, -0.25) is 9.69 Å². The number of halogens is 3. The van der Waals surface area contributed by atoms with Crippen LogP contribution in [-0.2, 0) is 6.18 Å². The van der Waals surface area contributed by atoms with Crippen LogP contribution in [-0.4, -0.2) is 62.1 Å². The summed E-state index contributed by atoms with van der Waals surface area (Å²) in [5.41, 5.74) is -0.103. The quantitative estimate of drug-likeness (QED) is 0.634. The molecule has 0 saturated carbocycles. The minimum atomic E-state index is -4.37. The lowest BCUT2D eigenvalue weighted by atomic mass is 10.1. The molecule has 0 bridgehead atoms. The number of hydrogen-bond donors (Lipinski definition) is 0. The van der Waals surface area contributed by atoms with Gasteiger partial charge in [-0.15, -0.1) is 0 Å². The summed E-state index contributed by atoms with van der Waals surface area (Å²) in [5, 5.41) is 0. The van der Waals surface area contributed by atoms with Crippen LogP contribution < -0.4 is 9.47 Å². The van der Waals surface area contributed by atoms with Crippen LogP contribution in [0.15, 0.2) is 48.5 Å². The van der Waals surface area contributed by atoms with Gasteiger partial charge in [0.1, 0.15) is 11.5 Å². The number of benzene rings is 2. The molecular formula is C22H25F3N2O3. The number of piperazine rings is 1. The topological polar surface area (TPSA) is 42.0 Å². The Morgan fingerprint density at radius 1 is 1.00 bits per heavy atom. The molecule has 0 aromatic heterocycles. The summed E-state index contributed by atoms with van der Waals surface area (Å²) in [5.74, 6) is 0.861. The molecule has 1 fully saturated rings. The first-order valence-electron chi connectivity index (χ1n) is 9.82. The standard InChI is InChI=1S/C22H25F3N2O3/c1-29-19-7-2-5-17(15-19)21(28)27-12-10-26(11-13-27)9-4-14-30-20-8-3-6-18(16-20)22(23,24)25/h2-3,5-8,15-16H,4,9-14H2,1H3. The van der Waals surface area contributed by atoms with Gasteiger partial charge in [0.05, 0.1) is 19.3 Å². The molecular weight excluding hydrogens is 397 g/mol. The van der Waals surface area contributed by atoms with Gasteiger partial charge < -0.3 is 14.4 Å². The largest absolute Gasteiger partial charge is 0.497 e. The van der Waals surface area contributed by atoms with E-state index in [-0.39, 0.29) is 11.7 Å². The fourth-order valence-electron chi connectivity index (χ4n) is 3.35. The van der Waals surface area contributed by atoms with Crippen molar-refractivity contribution in [1.82, 2.24) is 9.80 Å². The minimum Gasteiger partial charge on any atom is -0.497 e. The molecule has 162 valence electrons. The van der Waals surface area contributed by atoms with Crippen molar-refractivity contribution in [3.8, 4) is 11.5 Å². The van der Waals surface area contributed by atoms with Gasteiger partial charge in [-0.2, -0.15) is 13.2 Å². The third kappa shape index (κ3) is 5.89. The van der Waals surface area contributed by atoms with Gasteiger partial charge in [0.2, 0.25) is 0 Å². The highest BCUT2D eigenvalue weighted by Gasteiger charge is 2.30. The lowest BCUT2D eigenvalue weighted by Gasteiger charge is -2.34. The molecule has 5 nitrogen and oxygen atoms in total. The molecule has 0 spiro atoms. The van der Waals surface area contributed by atoms with E-state index >= 15 is 0 Å². The Morgan fingerprint density at radius 2 is 1.70 bits per heavy atom. The van der Waals surface area contributed by atoms with Crippen molar-refractivity contribution in [2.75, 3.05) is 46.4 Å². The monoisotopic (exact) mass is 422 g/mol. The molecule has 0 radical (unpaired) electrons. The fraction of sp³-hybridized carbons (Fsp3) is 0.409. The van der Waals surface area contributed by atoms with Crippen LogP contribution >= 0.6 is 0 Å². The van der Waals surface area contributed by atoms with Crippen LogP contribution in [0.5, 0.6) is 11.5 Å². The van der Waals surface area contributed by atoms with Crippen LogP contribution in [0.2, 0.25) is 0 Å². The summed E-state index contributed by atoms with van der Waals surface area (Å²) >= 11 is 0. The number of amides is 1.